The molecule has 1 fully saturated rings. The van der Waals surface area contributed by atoms with Gasteiger partial charge in [-0.1, -0.05) is 18.2 Å². The fourth-order valence-electron chi connectivity index (χ4n) is 4.16. The number of ether oxygens (including phenoxy) is 3. The van der Waals surface area contributed by atoms with Gasteiger partial charge in [-0.25, -0.2) is 0 Å². The lowest BCUT2D eigenvalue weighted by Crippen LogP contribution is -2.41. The number of benzene rings is 1. The Bertz CT molecular complexity index is 783. The van der Waals surface area contributed by atoms with E-state index in [1.807, 2.05) is 17.0 Å². The van der Waals surface area contributed by atoms with Crippen LogP contribution < -0.4 is 4.74 Å². The van der Waals surface area contributed by atoms with Crippen LogP contribution in [0, 0.1) is 5.92 Å². The highest BCUT2D eigenvalue weighted by Crippen LogP contribution is 2.35. The van der Waals surface area contributed by atoms with Crippen molar-refractivity contribution in [1.82, 2.24) is 9.80 Å². The molecule has 1 amide bonds. The van der Waals surface area contributed by atoms with E-state index in [2.05, 4.69) is 34.5 Å². The molecular weight excluding hydrogens is 400 g/mol. The normalized spacial score (nSPS) is 19.2. The number of likely N-dealkylation sites (tertiary alicyclic amines) is 1. The summed E-state index contributed by atoms with van der Waals surface area (Å²) in [6.45, 7) is 4.73. The third-order valence-corrected chi connectivity index (χ3v) is 6.50. The topological polar surface area (TPSA) is 51.2 Å². The Labute approximate surface area is 183 Å². The molecule has 6 nitrogen and oxygen atoms in total. The molecule has 0 radical (unpaired) electrons. The van der Waals surface area contributed by atoms with Crippen LogP contribution in [0.25, 0.3) is 0 Å². The van der Waals surface area contributed by atoms with Crippen LogP contribution in [0.3, 0.4) is 0 Å². The number of nitrogens with zero attached hydrogens (tertiary/aromatic N) is 2. The van der Waals surface area contributed by atoms with Crippen molar-refractivity contribution in [1.29, 1.82) is 0 Å². The van der Waals surface area contributed by atoms with Crippen molar-refractivity contribution in [3.05, 3.63) is 52.2 Å². The maximum absolute atomic E-state index is 12.6. The van der Waals surface area contributed by atoms with E-state index in [-0.39, 0.29) is 12.5 Å². The van der Waals surface area contributed by atoms with Gasteiger partial charge in [0.15, 0.2) is 0 Å². The quantitative estimate of drug-likeness (QED) is 0.546. The summed E-state index contributed by atoms with van der Waals surface area (Å²) in [6, 6.07) is 12.6. The van der Waals surface area contributed by atoms with Crippen molar-refractivity contribution < 1.29 is 19.0 Å². The number of methoxy groups -OCH3 is 3. The van der Waals surface area contributed by atoms with Crippen molar-refractivity contribution in [2.45, 2.75) is 12.5 Å². The van der Waals surface area contributed by atoms with E-state index in [0.717, 1.165) is 25.4 Å². The molecule has 2 atom stereocenters. The number of carbonyl (C=O) groups excluding carboxylic acids is 1. The van der Waals surface area contributed by atoms with Crippen molar-refractivity contribution in [2.24, 2.45) is 5.92 Å². The minimum Gasteiger partial charge on any atom is -0.497 e. The molecule has 30 heavy (non-hydrogen) atoms. The molecule has 0 spiro atoms. The molecule has 164 valence electrons. The van der Waals surface area contributed by atoms with E-state index < -0.39 is 0 Å². The first kappa shape index (κ1) is 22.7. The molecule has 2 aromatic rings. The van der Waals surface area contributed by atoms with E-state index in [0.29, 0.717) is 31.5 Å². The largest absolute Gasteiger partial charge is 0.497 e. The van der Waals surface area contributed by atoms with Gasteiger partial charge in [0.1, 0.15) is 12.4 Å². The van der Waals surface area contributed by atoms with Crippen LogP contribution in [0.4, 0.5) is 0 Å². The molecule has 2 heterocycles. The van der Waals surface area contributed by atoms with Crippen LogP contribution in [0.15, 0.2) is 41.8 Å². The SMILES string of the molecule is COCCN(CC1CN(Cc2cccs2)CC1c1cccc(OC)c1)C(=O)COC. The summed E-state index contributed by atoms with van der Waals surface area (Å²) in [7, 11) is 4.92. The monoisotopic (exact) mass is 432 g/mol. The van der Waals surface area contributed by atoms with Crippen molar-refractivity contribution >= 4 is 17.2 Å². The van der Waals surface area contributed by atoms with Gasteiger partial charge < -0.3 is 19.1 Å². The maximum Gasteiger partial charge on any atom is 0.248 e. The second-order valence-corrected chi connectivity index (χ2v) is 8.71. The second kappa shape index (κ2) is 11.5. The van der Waals surface area contributed by atoms with E-state index in [4.69, 9.17) is 14.2 Å². The molecule has 0 bridgehead atoms. The third-order valence-electron chi connectivity index (χ3n) is 5.64. The molecule has 2 unspecified atom stereocenters. The minimum absolute atomic E-state index is 0.00986. The summed E-state index contributed by atoms with van der Waals surface area (Å²) >= 11 is 1.79. The van der Waals surface area contributed by atoms with Gasteiger partial charge in [-0.05, 0) is 35.1 Å². The van der Waals surface area contributed by atoms with E-state index in [9.17, 15) is 4.79 Å². The minimum atomic E-state index is 0.00986. The van der Waals surface area contributed by atoms with Crippen LogP contribution in [0.5, 0.6) is 5.75 Å². The summed E-state index contributed by atoms with van der Waals surface area (Å²) in [4.78, 5) is 18.4. The molecule has 3 rings (SSSR count). The first-order valence-corrected chi connectivity index (χ1v) is 11.2. The second-order valence-electron chi connectivity index (χ2n) is 7.68. The Balaban J connectivity index is 1.79. The Morgan fingerprint density at radius 3 is 2.73 bits per heavy atom. The number of hydrogen-bond donors (Lipinski definition) is 0. The number of carbonyl (C=O) groups is 1. The van der Waals surface area contributed by atoms with Gasteiger partial charge in [-0.2, -0.15) is 0 Å². The highest BCUT2D eigenvalue weighted by molar-refractivity contribution is 7.09. The van der Waals surface area contributed by atoms with Crippen molar-refractivity contribution in [2.75, 3.05) is 60.7 Å². The molecule has 0 aliphatic carbocycles. The lowest BCUT2D eigenvalue weighted by molar-refractivity contribution is -0.136. The zero-order valence-corrected chi connectivity index (χ0v) is 18.9. The van der Waals surface area contributed by atoms with Gasteiger partial charge in [0.25, 0.3) is 0 Å². The molecular formula is C23H32N2O4S. The molecule has 1 aliphatic heterocycles. The van der Waals surface area contributed by atoms with Crippen LogP contribution in [-0.4, -0.2) is 76.4 Å². The number of rotatable bonds is 11. The molecule has 0 saturated carbocycles. The fraction of sp³-hybridized carbons (Fsp3) is 0.522. The Hall–Kier alpha value is -1.93. The van der Waals surface area contributed by atoms with E-state index in [1.54, 1.807) is 32.7 Å². The predicted molar refractivity (Wildman–Crippen MR) is 119 cm³/mol. The fourth-order valence-corrected chi connectivity index (χ4v) is 4.91. The van der Waals surface area contributed by atoms with Gasteiger partial charge in [-0.3, -0.25) is 9.69 Å². The Morgan fingerprint density at radius 1 is 1.17 bits per heavy atom. The Kier molecular flexibility index (Phi) is 8.69. The van der Waals surface area contributed by atoms with Crippen LogP contribution in [-0.2, 0) is 20.8 Å². The molecule has 0 N–H and O–H groups in total. The summed E-state index contributed by atoms with van der Waals surface area (Å²) < 4.78 is 15.8. The highest BCUT2D eigenvalue weighted by Gasteiger charge is 2.36. The van der Waals surface area contributed by atoms with Crippen LogP contribution in [0.1, 0.15) is 16.4 Å². The molecule has 1 aromatic heterocycles. The molecule has 1 saturated heterocycles. The van der Waals surface area contributed by atoms with Crippen molar-refractivity contribution in [3.8, 4) is 5.75 Å². The highest BCUT2D eigenvalue weighted by atomic mass is 32.1. The van der Waals surface area contributed by atoms with Crippen molar-refractivity contribution in [3.63, 3.8) is 0 Å². The van der Waals surface area contributed by atoms with Crippen LogP contribution in [0.2, 0.25) is 0 Å². The molecule has 1 aliphatic rings. The summed E-state index contributed by atoms with van der Waals surface area (Å²) in [5, 5.41) is 2.12. The first-order chi connectivity index (χ1) is 14.6. The smallest absolute Gasteiger partial charge is 0.248 e. The third kappa shape index (κ3) is 6.04. The summed E-state index contributed by atoms with van der Waals surface area (Å²) in [5.41, 5.74) is 1.26. The predicted octanol–water partition coefficient (Wildman–Crippen LogP) is 3.09. The maximum atomic E-state index is 12.6. The number of thiophene rings is 1. The van der Waals surface area contributed by atoms with Gasteiger partial charge >= 0.3 is 0 Å². The molecule has 1 aromatic carbocycles. The molecule has 7 heteroatoms. The zero-order valence-electron chi connectivity index (χ0n) is 18.1. The van der Waals surface area contributed by atoms with E-state index >= 15 is 0 Å². The van der Waals surface area contributed by atoms with Gasteiger partial charge in [-0.15, -0.1) is 11.3 Å². The summed E-state index contributed by atoms with van der Waals surface area (Å²) in [5.74, 6) is 1.54. The lowest BCUT2D eigenvalue weighted by atomic mass is 9.88. The zero-order chi connectivity index (χ0) is 21.3. The summed E-state index contributed by atoms with van der Waals surface area (Å²) in [6.07, 6.45) is 0. The van der Waals surface area contributed by atoms with E-state index in [1.165, 1.54) is 10.4 Å². The standard InChI is InChI=1S/C23H32N2O4S/c1-27-10-9-25(23(26)17-28-2)14-19-13-24(15-21-8-5-11-30-21)16-22(19)18-6-4-7-20(12-18)29-3/h4-8,11-12,19,22H,9-10,13-17H2,1-3H3. The average Bonchev–Trinajstić information content (AvgIpc) is 3.41. The van der Waals surface area contributed by atoms with Gasteiger partial charge in [0.05, 0.1) is 13.7 Å². The van der Waals surface area contributed by atoms with Crippen LogP contribution >= 0.6 is 11.3 Å². The number of hydrogen-bond acceptors (Lipinski definition) is 6. The Morgan fingerprint density at radius 2 is 2.03 bits per heavy atom. The number of amides is 1. The van der Waals surface area contributed by atoms with Gasteiger partial charge in [0.2, 0.25) is 5.91 Å². The lowest BCUT2D eigenvalue weighted by Gasteiger charge is -2.28. The average molecular weight is 433 g/mol. The van der Waals surface area contributed by atoms with Gasteiger partial charge in [0, 0.05) is 57.7 Å². The first-order valence-electron chi connectivity index (χ1n) is 10.3.